The molecule has 1 atom stereocenters. The summed E-state index contributed by atoms with van der Waals surface area (Å²) in [6.45, 7) is 2.24. The maximum atomic E-state index is 14.6. The number of rotatable bonds is 5. The molecule has 10 heteroatoms. The Kier molecular flexibility index (Phi) is 5.15. The Morgan fingerprint density at radius 3 is 2.73 bits per heavy atom. The van der Waals surface area contributed by atoms with Gasteiger partial charge < -0.3 is 4.90 Å². The van der Waals surface area contributed by atoms with Crippen LogP contribution < -0.4 is 9.62 Å². The first-order valence-corrected chi connectivity index (χ1v) is 12.4. The van der Waals surface area contributed by atoms with Crippen molar-refractivity contribution in [3.05, 3.63) is 65.6 Å². The van der Waals surface area contributed by atoms with Crippen LogP contribution in [0.2, 0.25) is 0 Å². The van der Waals surface area contributed by atoms with Crippen LogP contribution in [0.5, 0.6) is 0 Å². The number of hydrogen-bond donors (Lipinski definition) is 1. The van der Waals surface area contributed by atoms with Crippen LogP contribution in [0.1, 0.15) is 61.1 Å². The van der Waals surface area contributed by atoms with Gasteiger partial charge >= 0.3 is 0 Å². The van der Waals surface area contributed by atoms with E-state index < -0.39 is 32.3 Å². The van der Waals surface area contributed by atoms with Crippen LogP contribution in [-0.2, 0) is 10.0 Å². The molecule has 0 radical (unpaired) electrons. The van der Waals surface area contributed by atoms with Crippen molar-refractivity contribution in [1.29, 1.82) is 0 Å². The van der Waals surface area contributed by atoms with Crippen LogP contribution in [0.15, 0.2) is 42.7 Å². The summed E-state index contributed by atoms with van der Waals surface area (Å²) in [5.41, 5.74) is 1.57. The number of piperidine rings is 1. The number of sulfonamides is 1. The summed E-state index contributed by atoms with van der Waals surface area (Å²) in [5, 5.41) is 0. The molecule has 2 aliphatic rings. The largest absolute Gasteiger partial charge is 0.363 e. The van der Waals surface area contributed by atoms with E-state index in [4.69, 9.17) is 0 Å². The van der Waals surface area contributed by atoms with E-state index in [0.29, 0.717) is 42.7 Å². The van der Waals surface area contributed by atoms with Crippen molar-refractivity contribution in [2.45, 2.75) is 49.8 Å². The SMILES string of the molecule is CC1(S(=O)(=O)NC(=O)c2cnc3ccc(N4CCCCC4c4cc(F)ccc4F)cn23)CC1. The highest BCUT2D eigenvalue weighted by atomic mass is 32.2. The smallest absolute Gasteiger partial charge is 0.283 e. The fourth-order valence-electron chi connectivity index (χ4n) is 4.38. The molecule has 3 heterocycles. The van der Waals surface area contributed by atoms with Gasteiger partial charge in [-0.15, -0.1) is 0 Å². The highest BCUT2D eigenvalue weighted by Crippen LogP contribution is 2.42. The van der Waals surface area contributed by atoms with E-state index in [2.05, 4.69) is 9.71 Å². The first kappa shape index (κ1) is 21.8. The summed E-state index contributed by atoms with van der Waals surface area (Å²) in [6.07, 6.45) is 6.48. The molecule has 3 aromatic rings. The van der Waals surface area contributed by atoms with Crippen LogP contribution in [-0.4, -0.2) is 35.0 Å². The van der Waals surface area contributed by atoms with Gasteiger partial charge in [-0.1, -0.05) is 0 Å². The first-order valence-electron chi connectivity index (χ1n) is 10.9. The number of imidazole rings is 1. The van der Waals surface area contributed by atoms with E-state index in [1.54, 1.807) is 19.2 Å². The van der Waals surface area contributed by atoms with E-state index in [0.717, 1.165) is 25.0 Å². The zero-order valence-electron chi connectivity index (χ0n) is 18.1. The molecule has 33 heavy (non-hydrogen) atoms. The van der Waals surface area contributed by atoms with Gasteiger partial charge in [0.25, 0.3) is 5.91 Å². The molecule has 174 valence electrons. The Hall–Kier alpha value is -3.01. The lowest BCUT2D eigenvalue weighted by atomic mass is 9.94. The molecule has 0 bridgehead atoms. The lowest BCUT2D eigenvalue weighted by molar-refractivity contribution is 0.0975. The van der Waals surface area contributed by atoms with Crippen molar-refractivity contribution < 1.29 is 22.0 Å². The van der Waals surface area contributed by atoms with Crippen molar-refractivity contribution in [3.63, 3.8) is 0 Å². The fourth-order valence-corrected chi connectivity index (χ4v) is 5.62. The van der Waals surface area contributed by atoms with Gasteiger partial charge in [0, 0.05) is 18.3 Å². The number of fused-ring (bicyclic) bond motifs is 1. The van der Waals surface area contributed by atoms with E-state index in [1.807, 2.05) is 11.0 Å². The zero-order valence-corrected chi connectivity index (χ0v) is 18.9. The summed E-state index contributed by atoms with van der Waals surface area (Å²) >= 11 is 0. The van der Waals surface area contributed by atoms with E-state index in [9.17, 15) is 22.0 Å². The number of anilines is 1. The van der Waals surface area contributed by atoms with Gasteiger partial charge in [0.1, 0.15) is 23.0 Å². The molecular weight excluding hydrogens is 450 g/mol. The lowest BCUT2D eigenvalue weighted by Crippen LogP contribution is -2.38. The number of carbonyl (C=O) groups is 1. The average Bonchev–Trinajstić information content (AvgIpc) is 3.41. The second-order valence-electron chi connectivity index (χ2n) is 9.01. The van der Waals surface area contributed by atoms with Crippen molar-refractivity contribution in [3.8, 4) is 0 Å². The van der Waals surface area contributed by atoms with Crippen molar-refractivity contribution in [2.24, 2.45) is 0 Å². The van der Waals surface area contributed by atoms with Crippen LogP contribution in [0, 0.1) is 11.6 Å². The number of nitrogens with one attached hydrogen (secondary N) is 1. The first-order chi connectivity index (χ1) is 15.7. The number of halogens is 2. The molecule has 2 aromatic heterocycles. The van der Waals surface area contributed by atoms with Gasteiger partial charge in [0.2, 0.25) is 10.0 Å². The summed E-state index contributed by atoms with van der Waals surface area (Å²) in [7, 11) is -3.79. The second kappa shape index (κ2) is 7.79. The van der Waals surface area contributed by atoms with Gasteiger partial charge in [0.05, 0.1) is 22.7 Å². The van der Waals surface area contributed by atoms with Crippen LogP contribution in [0.3, 0.4) is 0 Å². The number of pyridine rings is 1. The number of carbonyl (C=O) groups excluding carboxylic acids is 1. The number of aromatic nitrogens is 2. The fraction of sp³-hybridized carbons (Fsp3) is 0.391. The Balaban J connectivity index is 1.50. The normalized spacial score (nSPS) is 20.1. The van der Waals surface area contributed by atoms with E-state index in [1.165, 1.54) is 16.7 Å². The average molecular weight is 475 g/mol. The molecule has 7 nitrogen and oxygen atoms in total. The van der Waals surface area contributed by atoms with Crippen LogP contribution >= 0.6 is 0 Å². The monoisotopic (exact) mass is 474 g/mol. The topological polar surface area (TPSA) is 83.8 Å². The maximum Gasteiger partial charge on any atom is 0.283 e. The van der Waals surface area contributed by atoms with Gasteiger partial charge in [-0.25, -0.2) is 26.9 Å². The molecule has 1 N–H and O–H groups in total. The quantitative estimate of drug-likeness (QED) is 0.605. The standard InChI is InChI=1S/C23H24F2N4O3S/c1-23(9-10-23)33(31,32)27-22(30)20-13-26-21-8-6-16(14-29(20)21)28-11-3-2-4-19(28)17-12-15(24)5-7-18(17)25/h5-8,12-14,19H,2-4,9-11H2,1H3,(H,27,30). The Bertz CT molecular complexity index is 1350. The molecule has 1 aliphatic heterocycles. The summed E-state index contributed by atoms with van der Waals surface area (Å²) in [4.78, 5) is 19.0. The lowest BCUT2D eigenvalue weighted by Gasteiger charge is -2.38. The minimum Gasteiger partial charge on any atom is -0.363 e. The van der Waals surface area contributed by atoms with Gasteiger partial charge in [-0.2, -0.15) is 0 Å². The molecular formula is C23H24F2N4O3S. The second-order valence-corrected chi connectivity index (χ2v) is 11.2. The van der Waals surface area contributed by atoms with Gasteiger partial charge in [-0.3, -0.25) is 9.20 Å². The highest BCUT2D eigenvalue weighted by Gasteiger charge is 2.51. The van der Waals surface area contributed by atoms with Crippen molar-refractivity contribution in [2.75, 3.05) is 11.4 Å². The van der Waals surface area contributed by atoms with E-state index >= 15 is 0 Å². The minimum absolute atomic E-state index is 0.0881. The van der Waals surface area contributed by atoms with Crippen LogP contribution in [0.4, 0.5) is 14.5 Å². The predicted octanol–water partition coefficient (Wildman–Crippen LogP) is 3.96. The molecule has 1 unspecified atom stereocenters. The third-order valence-corrected chi connectivity index (χ3v) is 8.86. The predicted molar refractivity (Wildman–Crippen MR) is 120 cm³/mol. The third kappa shape index (κ3) is 3.86. The molecule has 1 aliphatic carbocycles. The van der Waals surface area contributed by atoms with Crippen LogP contribution in [0.25, 0.3) is 5.65 Å². The Labute approximate surface area is 190 Å². The molecule has 1 saturated carbocycles. The van der Waals surface area contributed by atoms with Gasteiger partial charge in [0.15, 0.2) is 0 Å². The van der Waals surface area contributed by atoms with Gasteiger partial charge in [-0.05, 0) is 69.4 Å². The number of nitrogens with zero attached hydrogens (tertiary/aromatic N) is 3. The minimum atomic E-state index is -3.79. The number of hydrogen-bond acceptors (Lipinski definition) is 5. The molecule has 1 aromatic carbocycles. The molecule has 0 spiro atoms. The third-order valence-electron chi connectivity index (χ3n) is 6.70. The molecule has 1 saturated heterocycles. The van der Waals surface area contributed by atoms with Crippen molar-refractivity contribution in [1.82, 2.24) is 14.1 Å². The number of benzene rings is 1. The van der Waals surface area contributed by atoms with E-state index in [-0.39, 0.29) is 11.7 Å². The summed E-state index contributed by atoms with van der Waals surface area (Å²) in [5.74, 6) is -1.71. The molecule has 2 fully saturated rings. The summed E-state index contributed by atoms with van der Waals surface area (Å²) in [6, 6.07) is 6.65. The van der Waals surface area contributed by atoms with Crippen molar-refractivity contribution >= 4 is 27.3 Å². The zero-order chi connectivity index (χ0) is 23.4. The Morgan fingerprint density at radius 2 is 1.97 bits per heavy atom. The Morgan fingerprint density at radius 1 is 1.18 bits per heavy atom. The molecule has 1 amide bonds. The number of amides is 1. The molecule has 5 rings (SSSR count). The maximum absolute atomic E-state index is 14.6. The highest BCUT2D eigenvalue weighted by molar-refractivity contribution is 7.91. The summed E-state index contributed by atoms with van der Waals surface area (Å²) < 4.78 is 56.2.